The van der Waals surface area contributed by atoms with E-state index >= 15 is 0 Å². The van der Waals surface area contributed by atoms with Gasteiger partial charge in [-0.15, -0.1) is 0 Å². The number of aromatic nitrogens is 1. The Morgan fingerprint density at radius 3 is 2.94 bits per heavy atom. The van der Waals surface area contributed by atoms with Gasteiger partial charge in [0, 0.05) is 39.2 Å². The summed E-state index contributed by atoms with van der Waals surface area (Å²) >= 11 is 5.15. The molecule has 0 aromatic carbocycles. The summed E-state index contributed by atoms with van der Waals surface area (Å²) in [5.74, 6) is 0. The van der Waals surface area contributed by atoms with E-state index in [1.165, 1.54) is 5.69 Å². The Bertz CT molecular complexity index is 325. The van der Waals surface area contributed by atoms with Crippen LogP contribution in [0.15, 0.2) is 18.3 Å². The highest BCUT2D eigenvalue weighted by molar-refractivity contribution is 7.80. The second-order valence-electron chi connectivity index (χ2n) is 3.57. The second-order valence-corrected chi connectivity index (χ2v) is 3.97. The van der Waals surface area contributed by atoms with E-state index < -0.39 is 0 Å². The molecule has 0 radical (unpaired) electrons. The maximum atomic E-state index is 5.15. The third kappa shape index (κ3) is 4.63. The molecular weight excluding hydrogens is 222 g/mol. The molecule has 1 aromatic heterocycles. The van der Waals surface area contributed by atoms with Crippen molar-refractivity contribution in [1.29, 1.82) is 0 Å². The third-order valence-electron chi connectivity index (χ3n) is 2.29. The van der Waals surface area contributed by atoms with Crippen LogP contribution in [0.3, 0.4) is 0 Å². The smallest absolute Gasteiger partial charge is 0.166 e. The number of hydrogen-bond donors (Lipinski definition) is 2. The lowest BCUT2D eigenvalue weighted by atomic mass is 10.4. The second kappa shape index (κ2) is 7.24. The molecule has 0 saturated heterocycles. The molecule has 5 heteroatoms. The van der Waals surface area contributed by atoms with Crippen LogP contribution in [-0.2, 0) is 18.3 Å². The van der Waals surface area contributed by atoms with Gasteiger partial charge in [0.05, 0.1) is 6.54 Å². The van der Waals surface area contributed by atoms with Gasteiger partial charge in [0.1, 0.15) is 0 Å². The zero-order valence-electron chi connectivity index (χ0n) is 9.82. The molecule has 0 aliphatic carbocycles. The van der Waals surface area contributed by atoms with E-state index in [-0.39, 0.29) is 0 Å². The monoisotopic (exact) mass is 241 g/mol. The van der Waals surface area contributed by atoms with Gasteiger partial charge < -0.3 is 19.9 Å². The molecule has 0 saturated carbocycles. The van der Waals surface area contributed by atoms with Crippen molar-refractivity contribution in [3.8, 4) is 0 Å². The average Bonchev–Trinajstić information content (AvgIpc) is 2.67. The number of hydrogen-bond acceptors (Lipinski definition) is 2. The molecule has 0 atom stereocenters. The molecular formula is C11H19N3OS. The summed E-state index contributed by atoms with van der Waals surface area (Å²) in [5.41, 5.74) is 1.21. The fraction of sp³-hybridized carbons (Fsp3) is 0.545. The van der Waals surface area contributed by atoms with Crippen molar-refractivity contribution < 1.29 is 4.74 Å². The van der Waals surface area contributed by atoms with Gasteiger partial charge in [-0.1, -0.05) is 0 Å². The maximum absolute atomic E-state index is 5.15. The quantitative estimate of drug-likeness (QED) is 0.576. The van der Waals surface area contributed by atoms with Crippen molar-refractivity contribution >= 4 is 17.3 Å². The first-order valence-corrected chi connectivity index (χ1v) is 5.75. The number of thiocarbonyl (C=S) groups is 1. The summed E-state index contributed by atoms with van der Waals surface area (Å²) in [6.45, 7) is 2.35. The number of nitrogens with one attached hydrogen (secondary N) is 2. The minimum atomic E-state index is 0.692. The van der Waals surface area contributed by atoms with Crippen LogP contribution >= 0.6 is 12.2 Å². The highest BCUT2D eigenvalue weighted by Crippen LogP contribution is 1.97. The Labute approximate surface area is 102 Å². The summed E-state index contributed by atoms with van der Waals surface area (Å²) in [7, 11) is 3.72. The van der Waals surface area contributed by atoms with E-state index in [1.807, 2.05) is 19.3 Å². The number of nitrogens with zero attached hydrogens (tertiary/aromatic N) is 1. The van der Waals surface area contributed by atoms with Gasteiger partial charge in [-0.2, -0.15) is 0 Å². The van der Waals surface area contributed by atoms with Crippen LogP contribution in [0.25, 0.3) is 0 Å². The van der Waals surface area contributed by atoms with Crippen LogP contribution in [-0.4, -0.2) is 29.9 Å². The molecule has 1 heterocycles. The normalized spacial score (nSPS) is 10.1. The molecule has 0 amide bonds. The molecule has 16 heavy (non-hydrogen) atoms. The first-order valence-electron chi connectivity index (χ1n) is 5.35. The molecule has 1 aromatic rings. The molecule has 1 rings (SSSR count). The molecule has 0 spiro atoms. The molecule has 0 bridgehead atoms. The molecule has 0 fully saturated rings. The minimum absolute atomic E-state index is 0.692. The lowest BCUT2D eigenvalue weighted by Gasteiger charge is -2.10. The number of methoxy groups -OCH3 is 1. The largest absolute Gasteiger partial charge is 0.385 e. The fourth-order valence-electron chi connectivity index (χ4n) is 1.33. The topological polar surface area (TPSA) is 38.2 Å². The maximum Gasteiger partial charge on any atom is 0.166 e. The Morgan fingerprint density at radius 2 is 2.31 bits per heavy atom. The number of rotatable bonds is 6. The van der Waals surface area contributed by atoms with Gasteiger partial charge in [-0.05, 0) is 30.8 Å². The summed E-state index contributed by atoms with van der Waals surface area (Å²) in [6.07, 6.45) is 2.98. The predicted molar refractivity (Wildman–Crippen MR) is 69.3 cm³/mol. The lowest BCUT2D eigenvalue weighted by Crippen LogP contribution is -2.35. The zero-order chi connectivity index (χ0) is 11.8. The van der Waals surface area contributed by atoms with E-state index in [0.717, 1.165) is 26.1 Å². The van der Waals surface area contributed by atoms with E-state index in [9.17, 15) is 0 Å². The Morgan fingerprint density at radius 1 is 1.50 bits per heavy atom. The van der Waals surface area contributed by atoms with Crippen LogP contribution in [0.5, 0.6) is 0 Å². The van der Waals surface area contributed by atoms with E-state index in [4.69, 9.17) is 17.0 Å². The standard InChI is InChI=1S/C11H19N3OS/c1-14-7-3-5-10(14)9-13-11(16)12-6-4-8-15-2/h3,5,7H,4,6,8-9H2,1-2H3,(H2,12,13,16). The van der Waals surface area contributed by atoms with E-state index in [1.54, 1.807) is 7.11 Å². The van der Waals surface area contributed by atoms with Crippen LogP contribution in [0, 0.1) is 0 Å². The van der Waals surface area contributed by atoms with E-state index in [2.05, 4.69) is 21.3 Å². The van der Waals surface area contributed by atoms with Crippen molar-refractivity contribution in [2.24, 2.45) is 7.05 Å². The van der Waals surface area contributed by atoms with Gasteiger partial charge in [0.2, 0.25) is 0 Å². The molecule has 90 valence electrons. The Hall–Kier alpha value is -1.07. The summed E-state index contributed by atoms with van der Waals surface area (Å²) in [4.78, 5) is 0. The van der Waals surface area contributed by atoms with Crippen LogP contribution in [0.2, 0.25) is 0 Å². The SMILES string of the molecule is COCCCNC(=S)NCc1cccn1C. The average molecular weight is 241 g/mol. The highest BCUT2D eigenvalue weighted by Gasteiger charge is 1.98. The van der Waals surface area contributed by atoms with Crippen LogP contribution in [0.1, 0.15) is 12.1 Å². The first kappa shape index (κ1) is 13.0. The summed E-state index contributed by atoms with van der Waals surface area (Å²) in [6, 6.07) is 4.09. The van der Waals surface area contributed by atoms with Gasteiger partial charge in [0.15, 0.2) is 5.11 Å². The van der Waals surface area contributed by atoms with Gasteiger partial charge >= 0.3 is 0 Å². The number of ether oxygens (including phenoxy) is 1. The van der Waals surface area contributed by atoms with Crippen LogP contribution < -0.4 is 10.6 Å². The van der Waals surface area contributed by atoms with Crippen molar-refractivity contribution in [3.63, 3.8) is 0 Å². The van der Waals surface area contributed by atoms with Crippen molar-refractivity contribution in [2.75, 3.05) is 20.3 Å². The lowest BCUT2D eigenvalue weighted by molar-refractivity contribution is 0.195. The number of aryl methyl sites for hydroxylation is 1. The zero-order valence-corrected chi connectivity index (χ0v) is 10.6. The van der Waals surface area contributed by atoms with Gasteiger partial charge in [0.25, 0.3) is 0 Å². The predicted octanol–water partition coefficient (Wildman–Crippen LogP) is 1.03. The molecule has 0 unspecified atom stereocenters. The molecule has 0 aliphatic rings. The van der Waals surface area contributed by atoms with Crippen molar-refractivity contribution in [1.82, 2.24) is 15.2 Å². The van der Waals surface area contributed by atoms with Gasteiger partial charge in [-0.3, -0.25) is 0 Å². The summed E-state index contributed by atoms with van der Waals surface area (Å²) in [5, 5.41) is 6.98. The first-order chi connectivity index (χ1) is 7.74. The van der Waals surface area contributed by atoms with E-state index in [0.29, 0.717) is 5.11 Å². The molecule has 2 N–H and O–H groups in total. The third-order valence-corrected chi connectivity index (χ3v) is 2.58. The van der Waals surface area contributed by atoms with Crippen molar-refractivity contribution in [2.45, 2.75) is 13.0 Å². The fourth-order valence-corrected chi connectivity index (χ4v) is 1.51. The Kier molecular flexibility index (Phi) is 5.88. The van der Waals surface area contributed by atoms with Crippen LogP contribution in [0.4, 0.5) is 0 Å². The van der Waals surface area contributed by atoms with Gasteiger partial charge in [-0.25, -0.2) is 0 Å². The molecule has 4 nitrogen and oxygen atoms in total. The summed E-state index contributed by atoms with van der Waals surface area (Å²) < 4.78 is 7.02. The highest BCUT2D eigenvalue weighted by atomic mass is 32.1. The molecule has 0 aliphatic heterocycles. The minimum Gasteiger partial charge on any atom is -0.385 e. The van der Waals surface area contributed by atoms with Crippen molar-refractivity contribution in [3.05, 3.63) is 24.0 Å². The Balaban J connectivity index is 2.13.